The molecule has 1 N–H and O–H groups in total. The van der Waals surface area contributed by atoms with E-state index in [1.165, 1.54) is 19.3 Å². The van der Waals surface area contributed by atoms with Crippen LogP contribution < -0.4 is 5.32 Å². The monoisotopic (exact) mass is 252 g/mol. The molecule has 4 nitrogen and oxygen atoms in total. The van der Waals surface area contributed by atoms with Crippen molar-refractivity contribution in [1.29, 1.82) is 0 Å². The van der Waals surface area contributed by atoms with Gasteiger partial charge in [0.25, 0.3) is 5.69 Å². The highest BCUT2D eigenvalue weighted by atomic mass is 32.2. The molecule has 2 rings (SSSR count). The first-order valence-corrected chi connectivity index (χ1v) is 6.67. The van der Waals surface area contributed by atoms with Gasteiger partial charge in [-0.25, -0.2) is 0 Å². The molecule has 2 atom stereocenters. The molecule has 2 unspecified atom stereocenters. The van der Waals surface area contributed by atoms with Crippen LogP contribution in [0.5, 0.6) is 0 Å². The normalized spacial score (nSPS) is 23.8. The van der Waals surface area contributed by atoms with Crippen LogP contribution in [0.25, 0.3) is 0 Å². The maximum atomic E-state index is 10.5. The molecule has 5 heteroatoms. The van der Waals surface area contributed by atoms with Gasteiger partial charge >= 0.3 is 0 Å². The number of nitro benzene ring substituents is 1. The van der Waals surface area contributed by atoms with Crippen molar-refractivity contribution in [2.24, 2.45) is 0 Å². The quantitative estimate of drug-likeness (QED) is 0.661. The SMILES string of the molecule is CNC1CCCC1Sc1ccc([N+](=O)[O-])cc1. The van der Waals surface area contributed by atoms with Gasteiger partial charge in [0.1, 0.15) is 0 Å². The van der Waals surface area contributed by atoms with E-state index in [2.05, 4.69) is 5.32 Å². The van der Waals surface area contributed by atoms with Crippen LogP contribution in [0.1, 0.15) is 19.3 Å². The number of nitro groups is 1. The zero-order valence-corrected chi connectivity index (χ0v) is 10.6. The van der Waals surface area contributed by atoms with Crippen molar-refractivity contribution in [2.75, 3.05) is 7.05 Å². The van der Waals surface area contributed by atoms with Crippen LogP contribution in [0, 0.1) is 10.1 Å². The molecule has 0 bridgehead atoms. The van der Waals surface area contributed by atoms with Crippen LogP contribution in [0.2, 0.25) is 0 Å². The van der Waals surface area contributed by atoms with Gasteiger partial charge in [0.05, 0.1) is 4.92 Å². The maximum Gasteiger partial charge on any atom is 0.269 e. The molecular formula is C12H16N2O2S. The summed E-state index contributed by atoms with van der Waals surface area (Å²) in [7, 11) is 2.00. The van der Waals surface area contributed by atoms with Gasteiger partial charge in [0.2, 0.25) is 0 Å². The van der Waals surface area contributed by atoms with Crippen molar-refractivity contribution in [3.63, 3.8) is 0 Å². The van der Waals surface area contributed by atoms with E-state index in [0.29, 0.717) is 11.3 Å². The summed E-state index contributed by atoms with van der Waals surface area (Å²) in [4.78, 5) is 11.3. The Labute approximate surface area is 105 Å². The summed E-state index contributed by atoms with van der Waals surface area (Å²) in [6, 6.07) is 7.40. The summed E-state index contributed by atoms with van der Waals surface area (Å²) in [5.74, 6) is 0. The van der Waals surface area contributed by atoms with E-state index in [1.54, 1.807) is 12.1 Å². The van der Waals surface area contributed by atoms with Crippen LogP contribution in [-0.4, -0.2) is 23.3 Å². The van der Waals surface area contributed by atoms with E-state index >= 15 is 0 Å². The summed E-state index contributed by atoms with van der Waals surface area (Å²) in [5.41, 5.74) is 0.158. The predicted molar refractivity (Wildman–Crippen MR) is 69.4 cm³/mol. The molecule has 1 aromatic rings. The largest absolute Gasteiger partial charge is 0.316 e. The van der Waals surface area contributed by atoms with Gasteiger partial charge in [-0.1, -0.05) is 6.42 Å². The van der Waals surface area contributed by atoms with E-state index in [1.807, 2.05) is 30.9 Å². The van der Waals surface area contributed by atoms with Gasteiger partial charge in [-0.3, -0.25) is 10.1 Å². The molecular weight excluding hydrogens is 236 g/mol. The zero-order valence-electron chi connectivity index (χ0n) is 9.76. The number of nitrogens with one attached hydrogen (secondary N) is 1. The molecule has 1 aliphatic carbocycles. The first-order chi connectivity index (χ1) is 8.20. The number of non-ortho nitro benzene ring substituents is 1. The summed E-state index contributed by atoms with van der Waals surface area (Å²) in [6.07, 6.45) is 3.70. The smallest absolute Gasteiger partial charge is 0.269 e. The molecule has 92 valence electrons. The standard InChI is InChI=1S/C12H16N2O2S/c1-13-11-3-2-4-12(11)17-10-7-5-9(6-8-10)14(15)16/h5-8,11-13H,2-4H2,1H3. The van der Waals surface area contributed by atoms with E-state index < -0.39 is 0 Å². The van der Waals surface area contributed by atoms with Crippen molar-refractivity contribution < 1.29 is 4.92 Å². The highest BCUT2D eigenvalue weighted by molar-refractivity contribution is 8.00. The fourth-order valence-electron chi connectivity index (χ4n) is 2.22. The van der Waals surface area contributed by atoms with Crippen molar-refractivity contribution in [2.45, 2.75) is 35.4 Å². The van der Waals surface area contributed by atoms with Crippen molar-refractivity contribution in [3.8, 4) is 0 Å². The molecule has 17 heavy (non-hydrogen) atoms. The second-order valence-electron chi connectivity index (χ2n) is 4.23. The highest BCUT2D eigenvalue weighted by Crippen LogP contribution is 2.35. The molecule has 0 heterocycles. The number of rotatable bonds is 4. The van der Waals surface area contributed by atoms with Gasteiger partial charge in [-0.2, -0.15) is 0 Å². The van der Waals surface area contributed by atoms with Crippen molar-refractivity contribution in [3.05, 3.63) is 34.4 Å². The molecule has 1 fully saturated rings. The third-order valence-electron chi connectivity index (χ3n) is 3.16. The minimum absolute atomic E-state index is 0.158. The second kappa shape index (κ2) is 5.51. The first kappa shape index (κ1) is 12.4. The molecule has 0 aromatic heterocycles. The minimum Gasteiger partial charge on any atom is -0.316 e. The fraction of sp³-hybridized carbons (Fsp3) is 0.500. The maximum absolute atomic E-state index is 10.5. The van der Waals surface area contributed by atoms with Gasteiger partial charge in [0, 0.05) is 28.3 Å². The lowest BCUT2D eigenvalue weighted by Gasteiger charge is -2.18. The van der Waals surface area contributed by atoms with Gasteiger partial charge in [-0.15, -0.1) is 11.8 Å². The predicted octanol–water partition coefficient (Wildman–Crippen LogP) is 2.83. The number of hydrogen-bond acceptors (Lipinski definition) is 4. The Balaban J connectivity index is 2.01. The third kappa shape index (κ3) is 2.98. The average Bonchev–Trinajstić information content (AvgIpc) is 2.77. The molecule has 0 saturated heterocycles. The molecule has 0 spiro atoms. The number of hydrogen-bond donors (Lipinski definition) is 1. The summed E-state index contributed by atoms with van der Waals surface area (Å²) < 4.78 is 0. The first-order valence-electron chi connectivity index (χ1n) is 5.79. The molecule has 1 saturated carbocycles. The Morgan fingerprint density at radius 3 is 2.65 bits per heavy atom. The summed E-state index contributed by atoms with van der Waals surface area (Å²) in [5, 5.41) is 14.5. The Bertz CT molecular complexity index is 394. The molecule has 1 aliphatic rings. The molecule has 0 radical (unpaired) electrons. The average molecular weight is 252 g/mol. The lowest BCUT2D eigenvalue weighted by molar-refractivity contribution is -0.384. The summed E-state index contributed by atoms with van der Waals surface area (Å²) >= 11 is 1.82. The number of benzene rings is 1. The molecule has 1 aromatic carbocycles. The van der Waals surface area contributed by atoms with Crippen LogP contribution in [0.4, 0.5) is 5.69 Å². The topological polar surface area (TPSA) is 55.2 Å². The third-order valence-corrected chi connectivity index (χ3v) is 4.57. The van der Waals surface area contributed by atoms with Crippen LogP contribution >= 0.6 is 11.8 Å². The lowest BCUT2D eigenvalue weighted by atomic mass is 10.2. The van der Waals surface area contributed by atoms with E-state index in [9.17, 15) is 10.1 Å². The van der Waals surface area contributed by atoms with Crippen LogP contribution in [-0.2, 0) is 0 Å². The highest BCUT2D eigenvalue weighted by Gasteiger charge is 2.26. The number of thioether (sulfide) groups is 1. The van der Waals surface area contributed by atoms with E-state index in [0.717, 1.165) is 4.90 Å². The molecule has 0 amide bonds. The van der Waals surface area contributed by atoms with E-state index in [-0.39, 0.29) is 10.6 Å². The zero-order chi connectivity index (χ0) is 12.3. The molecule has 0 aliphatic heterocycles. The Hall–Kier alpha value is -1.07. The summed E-state index contributed by atoms with van der Waals surface area (Å²) in [6.45, 7) is 0. The Kier molecular flexibility index (Phi) is 4.02. The van der Waals surface area contributed by atoms with Gasteiger partial charge in [0.15, 0.2) is 0 Å². The van der Waals surface area contributed by atoms with Gasteiger partial charge < -0.3 is 5.32 Å². The fourth-order valence-corrected chi connectivity index (χ4v) is 3.58. The number of nitrogens with zero attached hydrogens (tertiary/aromatic N) is 1. The van der Waals surface area contributed by atoms with Gasteiger partial charge in [-0.05, 0) is 32.0 Å². The Morgan fingerprint density at radius 2 is 2.06 bits per heavy atom. The van der Waals surface area contributed by atoms with E-state index in [4.69, 9.17) is 0 Å². The second-order valence-corrected chi connectivity index (χ2v) is 5.55. The van der Waals surface area contributed by atoms with Crippen molar-refractivity contribution >= 4 is 17.4 Å². The van der Waals surface area contributed by atoms with Crippen LogP contribution in [0.3, 0.4) is 0 Å². The lowest BCUT2D eigenvalue weighted by Crippen LogP contribution is -2.30. The minimum atomic E-state index is -0.361. The Morgan fingerprint density at radius 1 is 1.35 bits per heavy atom. The van der Waals surface area contributed by atoms with Crippen LogP contribution in [0.15, 0.2) is 29.2 Å². The van der Waals surface area contributed by atoms with Crippen molar-refractivity contribution in [1.82, 2.24) is 5.32 Å².